The van der Waals surface area contributed by atoms with E-state index in [0.29, 0.717) is 12.8 Å². The first-order valence-corrected chi connectivity index (χ1v) is 22.9. The Labute approximate surface area is 343 Å². The van der Waals surface area contributed by atoms with E-state index >= 15 is 0 Å². The molecule has 0 aliphatic rings. The number of allylic oxidation sites excluding steroid dienone is 9. The Hall–Kier alpha value is -2.86. The molecule has 0 aromatic rings. The van der Waals surface area contributed by atoms with E-state index in [4.69, 9.17) is 24.8 Å². The van der Waals surface area contributed by atoms with Gasteiger partial charge in [-0.2, -0.15) is 0 Å². The zero-order valence-corrected chi connectivity index (χ0v) is 35.9. The number of hydrogen-bond donors (Lipinski definition) is 4. The molecule has 0 rings (SSSR count). The van der Waals surface area contributed by atoms with Gasteiger partial charge >= 0.3 is 25.7 Å². The summed E-state index contributed by atoms with van der Waals surface area (Å²) in [5.41, 5.74) is 5.32. The Morgan fingerprint density at radius 1 is 0.632 bits per heavy atom. The molecule has 57 heavy (non-hydrogen) atoms. The smallest absolute Gasteiger partial charge is 0.472 e. The molecule has 0 bridgehead atoms. The van der Waals surface area contributed by atoms with Crippen LogP contribution in [0.1, 0.15) is 162 Å². The van der Waals surface area contributed by atoms with Crippen LogP contribution in [0.25, 0.3) is 0 Å². The van der Waals surface area contributed by atoms with E-state index in [1.54, 1.807) is 12.2 Å². The molecular formula is C44H76NO11P. The maximum atomic E-state index is 12.6. The van der Waals surface area contributed by atoms with Gasteiger partial charge in [0.25, 0.3) is 0 Å². The van der Waals surface area contributed by atoms with Crippen molar-refractivity contribution in [3.63, 3.8) is 0 Å². The summed E-state index contributed by atoms with van der Waals surface area (Å²) in [6, 6.07) is -1.55. The zero-order chi connectivity index (χ0) is 42.2. The van der Waals surface area contributed by atoms with E-state index in [2.05, 4.69) is 54.8 Å². The first kappa shape index (κ1) is 54.1. The zero-order valence-electron chi connectivity index (χ0n) is 35.0. The fourth-order valence-electron chi connectivity index (χ4n) is 5.50. The van der Waals surface area contributed by atoms with Gasteiger partial charge in [-0.1, -0.05) is 164 Å². The van der Waals surface area contributed by atoms with Crippen LogP contribution in [-0.4, -0.2) is 71.1 Å². The third-order valence-corrected chi connectivity index (χ3v) is 9.83. The fourth-order valence-corrected chi connectivity index (χ4v) is 6.28. The Morgan fingerprint density at radius 3 is 1.67 bits per heavy atom. The largest absolute Gasteiger partial charge is 0.480 e. The molecule has 0 heterocycles. The van der Waals surface area contributed by atoms with Crippen LogP contribution in [0, 0.1) is 0 Å². The van der Waals surface area contributed by atoms with E-state index in [1.807, 2.05) is 12.2 Å². The summed E-state index contributed by atoms with van der Waals surface area (Å²) in [5.74, 6) is -2.61. The highest BCUT2D eigenvalue weighted by Gasteiger charge is 2.28. The average Bonchev–Trinajstić information content (AvgIpc) is 3.18. The van der Waals surface area contributed by atoms with E-state index in [0.717, 1.165) is 44.9 Å². The van der Waals surface area contributed by atoms with Crippen molar-refractivity contribution in [1.82, 2.24) is 0 Å². The molecule has 0 aliphatic carbocycles. The average molecular weight is 826 g/mol. The van der Waals surface area contributed by atoms with Crippen LogP contribution in [0.3, 0.4) is 0 Å². The minimum atomic E-state index is -4.77. The highest BCUT2D eigenvalue weighted by molar-refractivity contribution is 7.47. The van der Waals surface area contributed by atoms with Crippen LogP contribution < -0.4 is 5.73 Å². The molecule has 0 radical (unpaired) electrons. The SMILES string of the molecule is CC/C=C\C/C=C\C/C=C\C/C=C\C=C\C(O)CCCC(=O)O[C@H](COC(=O)CCCCCCCCCCCCCCCCC)COP(=O)(O)OC[C@H](N)C(=O)O. The van der Waals surface area contributed by atoms with Gasteiger partial charge in [-0.05, 0) is 44.9 Å². The van der Waals surface area contributed by atoms with E-state index in [9.17, 15) is 28.9 Å². The number of hydrogen-bond acceptors (Lipinski definition) is 10. The monoisotopic (exact) mass is 826 g/mol. The van der Waals surface area contributed by atoms with Crippen molar-refractivity contribution in [3.05, 3.63) is 60.8 Å². The number of carbonyl (C=O) groups is 3. The molecule has 12 nitrogen and oxygen atoms in total. The Bertz CT molecular complexity index is 1220. The van der Waals surface area contributed by atoms with Gasteiger partial charge in [0.2, 0.25) is 0 Å². The summed E-state index contributed by atoms with van der Waals surface area (Å²) in [7, 11) is -4.77. The summed E-state index contributed by atoms with van der Waals surface area (Å²) in [6.07, 6.45) is 40.3. The molecule has 0 saturated carbocycles. The molecule has 0 aromatic carbocycles. The molecule has 0 aliphatic heterocycles. The van der Waals surface area contributed by atoms with Gasteiger partial charge in [-0.3, -0.25) is 23.4 Å². The van der Waals surface area contributed by atoms with Crippen LogP contribution in [-0.2, 0) is 37.5 Å². The number of rotatable bonds is 39. The molecule has 2 unspecified atom stereocenters. The summed E-state index contributed by atoms with van der Waals surface area (Å²) in [4.78, 5) is 45.9. The van der Waals surface area contributed by atoms with Crippen LogP contribution in [0.4, 0.5) is 0 Å². The lowest BCUT2D eigenvalue weighted by Gasteiger charge is -2.20. The molecular weight excluding hydrogens is 749 g/mol. The second-order valence-corrected chi connectivity index (χ2v) is 15.8. The van der Waals surface area contributed by atoms with Crippen molar-refractivity contribution in [1.29, 1.82) is 0 Å². The first-order valence-electron chi connectivity index (χ1n) is 21.4. The van der Waals surface area contributed by atoms with Crippen LogP contribution >= 0.6 is 7.82 Å². The van der Waals surface area contributed by atoms with E-state index in [-0.39, 0.29) is 19.3 Å². The van der Waals surface area contributed by atoms with Gasteiger partial charge in [0.15, 0.2) is 6.10 Å². The lowest BCUT2D eigenvalue weighted by molar-refractivity contribution is -0.161. The number of carbonyl (C=O) groups excluding carboxylic acids is 2. The maximum Gasteiger partial charge on any atom is 0.472 e. The number of ether oxygens (including phenoxy) is 2. The first-order chi connectivity index (χ1) is 27.5. The number of carboxylic acid groups (broad SMARTS) is 1. The molecule has 0 fully saturated rings. The number of aliphatic hydroxyl groups is 1. The van der Waals surface area contributed by atoms with Gasteiger partial charge in [0.1, 0.15) is 12.6 Å². The number of esters is 2. The van der Waals surface area contributed by atoms with Gasteiger partial charge < -0.3 is 30.3 Å². The normalized spacial score (nSPS) is 14.9. The third-order valence-electron chi connectivity index (χ3n) is 8.88. The quantitative estimate of drug-likeness (QED) is 0.0151. The van der Waals surface area contributed by atoms with Crippen molar-refractivity contribution in [2.75, 3.05) is 19.8 Å². The molecule has 0 amide bonds. The molecule has 4 atom stereocenters. The van der Waals surface area contributed by atoms with Crippen molar-refractivity contribution in [2.24, 2.45) is 5.73 Å². The summed E-state index contributed by atoms with van der Waals surface area (Å²) >= 11 is 0. The Kier molecular flexibility index (Phi) is 36.7. The lowest BCUT2D eigenvalue weighted by atomic mass is 10.0. The number of nitrogens with two attached hydrogens (primary N) is 1. The van der Waals surface area contributed by atoms with E-state index < -0.39 is 63.8 Å². The molecule has 5 N–H and O–H groups in total. The van der Waals surface area contributed by atoms with Crippen LogP contribution in [0.2, 0.25) is 0 Å². The standard InChI is InChI=1S/C44H76NO11P/c1-3-5-7-9-11-13-15-17-18-20-22-24-26-28-30-34-42(47)53-36-40(37-54-57(51,52)55-38-41(45)44(49)50)56-43(48)35-31-33-39(46)32-29-27-25-23-21-19-16-14-12-10-8-6-4-2/h6,8,12,14,19,21,25,27,29,32,39-41,46H,3-5,7,9-11,13,15-18,20,22-24,26,28,30-31,33-38,45H2,1-2H3,(H,49,50)(H,51,52)/b8-6-,14-12-,21-19-,27-25-,32-29+/t39?,40-,41+/m1/s1. The maximum absolute atomic E-state index is 12.6. The second-order valence-electron chi connectivity index (χ2n) is 14.3. The van der Waals surface area contributed by atoms with Crippen molar-refractivity contribution >= 4 is 25.7 Å². The summed E-state index contributed by atoms with van der Waals surface area (Å²) in [5, 5.41) is 19.2. The van der Waals surface area contributed by atoms with Crippen LogP contribution in [0.15, 0.2) is 60.8 Å². The van der Waals surface area contributed by atoms with Crippen molar-refractivity contribution < 1.29 is 52.6 Å². The predicted molar refractivity (Wildman–Crippen MR) is 227 cm³/mol. The lowest BCUT2D eigenvalue weighted by Crippen LogP contribution is -2.34. The number of aliphatic hydroxyl groups excluding tert-OH is 1. The van der Waals surface area contributed by atoms with Gasteiger partial charge in [-0.25, -0.2) is 4.57 Å². The molecule has 328 valence electrons. The number of aliphatic carboxylic acids is 1. The second kappa shape index (κ2) is 38.6. The molecule has 0 saturated heterocycles. The van der Waals surface area contributed by atoms with Gasteiger partial charge in [-0.15, -0.1) is 0 Å². The number of phosphoric ester groups is 1. The van der Waals surface area contributed by atoms with Gasteiger partial charge in [0, 0.05) is 12.8 Å². The van der Waals surface area contributed by atoms with Crippen molar-refractivity contribution in [3.8, 4) is 0 Å². The Morgan fingerprint density at radius 2 is 1.12 bits per heavy atom. The van der Waals surface area contributed by atoms with E-state index in [1.165, 1.54) is 70.6 Å². The number of phosphoric acid groups is 1. The highest BCUT2D eigenvalue weighted by Crippen LogP contribution is 2.43. The van der Waals surface area contributed by atoms with Crippen molar-refractivity contribution in [2.45, 2.75) is 180 Å². The Balaban J connectivity index is 4.58. The summed E-state index contributed by atoms with van der Waals surface area (Å²) in [6.45, 7) is 2.48. The molecule has 13 heteroatoms. The minimum absolute atomic E-state index is 0.0702. The third kappa shape index (κ3) is 38.4. The minimum Gasteiger partial charge on any atom is -0.480 e. The number of unbranched alkanes of at least 4 members (excludes halogenated alkanes) is 14. The topological polar surface area (TPSA) is 192 Å². The summed E-state index contributed by atoms with van der Waals surface area (Å²) < 4.78 is 32.5. The van der Waals surface area contributed by atoms with Crippen LogP contribution in [0.5, 0.6) is 0 Å². The molecule has 0 aromatic heterocycles. The highest BCUT2D eigenvalue weighted by atomic mass is 31.2. The fraction of sp³-hybridized carbons (Fsp3) is 0.705. The predicted octanol–water partition coefficient (Wildman–Crippen LogP) is 10.1. The number of carboxylic acids is 1. The molecule has 0 spiro atoms. The van der Waals surface area contributed by atoms with Gasteiger partial charge in [0.05, 0.1) is 19.3 Å².